The fourth-order valence-electron chi connectivity index (χ4n) is 3.55. The second-order valence-electron chi connectivity index (χ2n) is 7.95. The number of nitrogens with one attached hydrogen (secondary N) is 2. The van der Waals surface area contributed by atoms with E-state index in [4.69, 9.17) is 4.42 Å². The summed E-state index contributed by atoms with van der Waals surface area (Å²) < 4.78 is 5.38. The number of aryl methyl sites for hydroxylation is 1. The largest absolute Gasteiger partial charge is 0.464 e. The van der Waals surface area contributed by atoms with Crippen molar-refractivity contribution in [3.8, 4) is 10.4 Å². The van der Waals surface area contributed by atoms with Crippen molar-refractivity contribution in [1.82, 2.24) is 15.6 Å². The van der Waals surface area contributed by atoms with E-state index in [9.17, 15) is 9.59 Å². The number of nitrogens with zero attached hydrogens (tertiary/aromatic N) is 1. The van der Waals surface area contributed by atoms with Crippen molar-refractivity contribution in [2.45, 2.75) is 26.8 Å². The molecule has 0 unspecified atom stereocenters. The summed E-state index contributed by atoms with van der Waals surface area (Å²) in [5.41, 5.74) is 2.59. The predicted octanol–water partition coefficient (Wildman–Crippen LogP) is 5.05. The molecule has 0 spiro atoms. The molecule has 7 heteroatoms. The van der Waals surface area contributed by atoms with Crippen LogP contribution in [0, 0.1) is 12.8 Å². The molecular weight excluding hydrogens is 422 g/mol. The van der Waals surface area contributed by atoms with E-state index in [0.29, 0.717) is 23.4 Å². The fraction of sp³-hybridized carbons (Fsp3) is 0.240. The maximum absolute atomic E-state index is 13.1. The van der Waals surface area contributed by atoms with E-state index in [1.165, 1.54) is 11.3 Å². The van der Waals surface area contributed by atoms with Gasteiger partial charge in [0.25, 0.3) is 11.8 Å². The van der Waals surface area contributed by atoms with Gasteiger partial charge in [-0.2, -0.15) is 0 Å². The molecule has 0 fully saturated rings. The number of rotatable bonds is 7. The minimum absolute atomic E-state index is 0.115. The Bertz CT molecular complexity index is 1240. The molecule has 2 aromatic heterocycles. The Morgan fingerprint density at radius 2 is 1.81 bits per heavy atom. The number of thiazole rings is 1. The highest BCUT2D eigenvalue weighted by atomic mass is 32.1. The lowest BCUT2D eigenvalue weighted by molar-refractivity contribution is 0.0895. The smallest absolute Gasteiger partial charge is 0.271 e. The third-order valence-electron chi connectivity index (χ3n) is 5.33. The van der Waals surface area contributed by atoms with Crippen LogP contribution in [0.15, 0.2) is 65.3 Å². The first-order valence-electron chi connectivity index (χ1n) is 10.5. The molecule has 2 heterocycles. The van der Waals surface area contributed by atoms with Gasteiger partial charge >= 0.3 is 0 Å². The number of hydrogen-bond donors (Lipinski definition) is 2. The molecule has 4 aromatic rings. The molecule has 0 aliphatic carbocycles. The van der Waals surface area contributed by atoms with E-state index in [1.807, 2.05) is 57.2 Å². The standard InChI is InChI=1S/C25H25N3O3S/c1-15(2)20(14-26-24(29)19-10-7-11-21-18(19)12-13-31-21)28-25(30)22-23(32-16(3)27-22)17-8-5-4-6-9-17/h4-13,15,20H,14H2,1-3H3,(H,26,29)(H,28,30)/t20-/m1/s1. The van der Waals surface area contributed by atoms with Gasteiger partial charge in [0.1, 0.15) is 11.3 Å². The Kier molecular flexibility index (Phi) is 6.37. The second-order valence-corrected chi connectivity index (χ2v) is 9.15. The number of hydrogen-bond acceptors (Lipinski definition) is 5. The maximum Gasteiger partial charge on any atom is 0.271 e. The lowest BCUT2D eigenvalue weighted by Crippen LogP contribution is -2.46. The number of amides is 2. The van der Waals surface area contributed by atoms with E-state index in [2.05, 4.69) is 15.6 Å². The Morgan fingerprint density at radius 1 is 1.03 bits per heavy atom. The number of fused-ring (bicyclic) bond motifs is 1. The molecule has 0 aliphatic heterocycles. The van der Waals surface area contributed by atoms with Crippen LogP contribution in [0.2, 0.25) is 0 Å². The van der Waals surface area contributed by atoms with Crippen molar-refractivity contribution in [3.63, 3.8) is 0 Å². The molecule has 164 valence electrons. The van der Waals surface area contributed by atoms with Gasteiger partial charge in [-0.15, -0.1) is 11.3 Å². The predicted molar refractivity (Wildman–Crippen MR) is 127 cm³/mol. The van der Waals surface area contributed by atoms with Crippen molar-refractivity contribution in [2.24, 2.45) is 5.92 Å². The molecule has 0 aliphatic rings. The van der Waals surface area contributed by atoms with Gasteiger partial charge in [0, 0.05) is 18.0 Å². The molecule has 6 nitrogen and oxygen atoms in total. The van der Waals surface area contributed by atoms with E-state index in [-0.39, 0.29) is 23.8 Å². The average Bonchev–Trinajstić information content (AvgIpc) is 3.43. The molecule has 2 amide bonds. The zero-order chi connectivity index (χ0) is 22.7. The second kappa shape index (κ2) is 9.36. The van der Waals surface area contributed by atoms with Crippen LogP contribution in [0.5, 0.6) is 0 Å². The number of carbonyl (C=O) groups is 2. The topological polar surface area (TPSA) is 84.2 Å². The van der Waals surface area contributed by atoms with Crippen molar-refractivity contribution in [2.75, 3.05) is 6.54 Å². The van der Waals surface area contributed by atoms with Crippen LogP contribution in [0.1, 0.15) is 39.7 Å². The van der Waals surface area contributed by atoms with Crippen molar-refractivity contribution in [3.05, 3.63) is 77.1 Å². The first-order chi connectivity index (χ1) is 15.4. The highest BCUT2D eigenvalue weighted by molar-refractivity contribution is 7.15. The first kappa shape index (κ1) is 21.8. The van der Waals surface area contributed by atoms with Crippen LogP contribution in [-0.4, -0.2) is 29.4 Å². The van der Waals surface area contributed by atoms with E-state index in [1.54, 1.807) is 24.5 Å². The van der Waals surface area contributed by atoms with Crippen molar-refractivity contribution in [1.29, 1.82) is 0 Å². The maximum atomic E-state index is 13.1. The highest BCUT2D eigenvalue weighted by Gasteiger charge is 2.23. The fourth-order valence-corrected chi connectivity index (χ4v) is 4.47. The van der Waals surface area contributed by atoms with Crippen LogP contribution in [0.3, 0.4) is 0 Å². The summed E-state index contributed by atoms with van der Waals surface area (Å²) >= 11 is 1.50. The van der Waals surface area contributed by atoms with E-state index < -0.39 is 0 Å². The third kappa shape index (κ3) is 4.57. The number of carbonyl (C=O) groups excluding carboxylic acids is 2. The van der Waals surface area contributed by atoms with E-state index >= 15 is 0 Å². The Hall–Kier alpha value is -3.45. The average molecular weight is 448 g/mol. The minimum Gasteiger partial charge on any atom is -0.464 e. The third-order valence-corrected chi connectivity index (χ3v) is 6.35. The summed E-state index contributed by atoms with van der Waals surface area (Å²) in [6, 6.07) is 16.7. The van der Waals surface area contributed by atoms with Crippen LogP contribution >= 0.6 is 11.3 Å². The first-order valence-corrected chi connectivity index (χ1v) is 11.3. The molecule has 0 radical (unpaired) electrons. The highest BCUT2D eigenvalue weighted by Crippen LogP contribution is 2.30. The zero-order valence-corrected chi connectivity index (χ0v) is 19.0. The molecule has 2 N–H and O–H groups in total. The van der Waals surface area contributed by atoms with Gasteiger partial charge in [0.15, 0.2) is 0 Å². The van der Waals surface area contributed by atoms with Gasteiger partial charge in [-0.05, 0) is 36.6 Å². The number of benzene rings is 2. The molecule has 0 bridgehead atoms. The van der Waals surface area contributed by atoms with Crippen LogP contribution in [0.4, 0.5) is 0 Å². The van der Waals surface area contributed by atoms with Crippen LogP contribution in [-0.2, 0) is 0 Å². The summed E-state index contributed by atoms with van der Waals surface area (Å²) in [6.45, 7) is 6.22. The summed E-state index contributed by atoms with van der Waals surface area (Å²) in [5, 5.41) is 7.62. The summed E-state index contributed by atoms with van der Waals surface area (Å²) in [4.78, 5) is 31.3. The van der Waals surface area contributed by atoms with Gasteiger partial charge in [-0.3, -0.25) is 9.59 Å². The molecule has 2 aromatic carbocycles. The number of furan rings is 1. The van der Waals surface area contributed by atoms with Crippen molar-refractivity contribution >= 4 is 34.1 Å². The Morgan fingerprint density at radius 3 is 2.56 bits per heavy atom. The molecule has 0 saturated heterocycles. The summed E-state index contributed by atoms with van der Waals surface area (Å²) in [6.07, 6.45) is 1.57. The monoisotopic (exact) mass is 447 g/mol. The van der Waals surface area contributed by atoms with Gasteiger partial charge in [-0.25, -0.2) is 4.98 Å². The Balaban J connectivity index is 1.48. The molecular formula is C25H25N3O3S. The van der Waals surface area contributed by atoms with Crippen LogP contribution in [0.25, 0.3) is 21.4 Å². The van der Waals surface area contributed by atoms with Crippen LogP contribution < -0.4 is 10.6 Å². The molecule has 1 atom stereocenters. The Labute approximate surface area is 190 Å². The number of aromatic nitrogens is 1. The van der Waals surface area contributed by atoms with E-state index in [0.717, 1.165) is 20.8 Å². The van der Waals surface area contributed by atoms with Crippen molar-refractivity contribution < 1.29 is 14.0 Å². The minimum atomic E-state index is -0.249. The normalized spacial score (nSPS) is 12.1. The quantitative estimate of drug-likeness (QED) is 0.415. The summed E-state index contributed by atoms with van der Waals surface area (Å²) in [7, 11) is 0. The summed E-state index contributed by atoms with van der Waals surface area (Å²) in [5.74, 6) is -0.326. The van der Waals surface area contributed by atoms with Gasteiger partial charge in [-0.1, -0.05) is 50.2 Å². The van der Waals surface area contributed by atoms with Gasteiger partial charge in [0.05, 0.1) is 21.7 Å². The zero-order valence-electron chi connectivity index (χ0n) is 18.2. The molecule has 4 rings (SSSR count). The molecule has 0 saturated carbocycles. The lowest BCUT2D eigenvalue weighted by atomic mass is 10.0. The molecule has 32 heavy (non-hydrogen) atoms. The van der Waals surface area contributed by atoms with Gasteiger partial charge in [0.2, 0.25) is 0 Å². The van der Waals surface area contributed by atoms with Gasteiger partial charge < -0.3 is 15.1 Å². The lowest BCUT2D eigenvalue weighted by Gasteiger charge is -2.23. The SMILES string of the molecule is Cc1nc(C(=O)N[C@H](CNC(=O)c2cccc3occc23)C(C)C)c(-c2ccccc2)s1.